The number of carbonyl (C=O) groups is 2. The molecule has 0 aromatic carbocycles. The molecule has 82 valence electrons. The second-order valence-corrected chi connectivity index (χ2v) is 3.50. The molecule has 0 aliphatic rings. The zero-order chi connectivity index (χ0) is 11.1. The van der Waals surface area contributed by atoms with E-state index in [1.807, 2.05) is 6.92 Å². The summed E-state index contributed by atoms with van der Waals surface area (Å²) in [6.45, 7) is 2.65. The summed E-state index contributed by atoms with van der Waals surface area (Å²) in [6, 6.07) is 0. The van der Waals surface area contributed by atoms with E-state index in [0.717, 1.165) is 6.42 Å². The molecule has 14 heavy (non-hydrogen) atoms. The van der Waals surface area contributed by atoms with Gasteiger partial charge in [-0.2, -0.15) is 0 Å². The molecule has 0 unspecified atom stereocenters. The number of amides is 2. The molecule has 0 rings (SSSR count). The Kier molecular flexibility index (Phi) is 6.28. The minimum Gasteiger partial charge on any atom is -0.347 e. The van der Waals surface area contributed by atoms with E-state index < -0.39 is 0 Å². The van der Waals surface area contributed by atoms with Crippen LogP contribution in [0.15, 0.2) is 0 Å². The third-order valence-corrected chi connectivity index (χ3v) is 2.01. The Balaban J connectivity index is 4.22. The third kappa shape index (κ3) is 4.46. The van der Waals surface area contributed by atoms with Crippen molar-refractivity contribution in [1.82, 2.24) is 9.80 Å². The number of alkyl halides is 1. The van der Waals surface area contributed by atoms with Gasteiger partial charge in [-0.3, -0.25) is 9.59 Å². The molecule has 0 fully saturated rings. The minimum atomic E-state index is -0.191. The topological polar surface area (TPSA) is 40.6 Å². The van der Waals surface area contributed by atoms with Crippen molar-refractivity contribution in [3.63, 3.8) is 0 Å². The summed E-state index contributed by atoms with van der Waals surface area (Å²) in [5, 5.41) is 0. The summed E-state index contributed by atoms with van der Waals surface area (Å²) < 4.78 is 0. The highest BCUT2D eigenvalue weighted by molar-refractivity contribution is 6.27. The van der Waals surface area contributed by atoms with Crippen LogP contribution in [0.5, 0.6) is 0 Å². The van der Waals surface area contributed by atoms with Gasteiger partial charge in [-0.05, 0) is 6.42 Å². The zero-order valence-corrected chi connectivity index (χ0v) is 9.67. The molecule has 0 aromatic rings. The number of likely N-dealkylation sites (N-methyl/N-ethyl adjacent to an activating group) is 1. The van der Waals surface area contributed by atoms with Crippen LogP contribution in [0.1, 0.15) is 13.3 Å². The van der Waals surface area contributed by atoms with Gasteiger partial charge in [-0.1, -0.05) is 6.92 Å². The van der Waals surface area contributed by atoms with Gasteiger partial charge >= 0.3 is 0 Å². The number of carbonyl (C=O) groups excluding carboxylic acids is 2. The minimum absolute atomic E-state index is 0.0687. The fraction of sp³-hybridized carbons (Fsp3) is 0.778. The van der Waals surface area contributed by atoms with Gasteiger partial charge in [0.1, 0.15) is 5.88 Å². The van der Waals surface area contributed by atoms with Crippen LogP contribution in [-0.4, -0.2) is 54.7 Å². The maximum atomic E-state index is 11.3. The van der Waals surface area contributed by atoms with Gasteiger partial charge < -0.3 is 9.80 Å². The van der Waals surface area contributed by atoms with E-state index >= 15 is 0 Å². The Bertz CT molecular complexity index is 205. The van der Waals surface area contributed by atoms with E-state index in [-0.39, 0.29) is 24.2 Å². The molecule has 0 heterocycles. The van der Waals surface area contributed by atoms with Gasteiger partial charge in [0.15, 0.2) is 0 Å². The van der Waals surface area contributed by atoms with Crippen LogP contribution in [0, 0.1) is 0 Å². The van der Waals surface area contributed by atoms with Gasteiger partial charge in [-0.25, -0.2) is 0 Å². The van der Waals surface area contributed by atoms with E-state index in [0.29, 0.717) is 6.54 Å². The van der Waals surface area contributed by atoms with Crippen LogP contribution in [0.3, 0.4) is 0 Å². The summed E-state index contributed by atoms with van der Waals surface area (Å²) >= 11 is 5.43. The van der Waals surface area contributed by atoms with Crippen LogP contribution in [0.25, 0.3) is 0 Å². The predicted molar refractivity (Wildman–Crippen MR) is 56.3 cm³/mol. The number of halogens is 1. The Labute approximate surface area is 89.8 Å². The third-order valence-electron chi connectivity index (χ3n) is 1.79. The lowest BCUT2D eigenvalue weighted by molar-refractivity contribution is -0.137. The Morgan fingerprint density at radius 1 is 1.21 bits per heavy atom. The standard InChI is InChI=1S/C9H17ClN2O2/c1-4-5-12(8(13)6-10)7-9(14)11(2)3/h4-7H2,1-3H3. The van der Waals surface area contributed by atoms with Gasteiger partial charge in [-0.15, -0.1) is 11.6 Å². The maximum Gasteiger partial charge on any atom is 0.241 e. The van der Waals surface area contributed by atoms with Crippen molar-refractivity contribution in [2.24, 2.45) is 0 Å². The summed E-state index contributed by atoms with van der Waals surface area (Å²) in [6.07, 6.45) is 0.823. The Hall–Kier alpha value is -0.770. The molecule has 0 aromatic heterocycles. The van der Waals surface area contributed by atoms with Crippen molar-refractivity contribution in [3.05, 3.63) is 0 Å². The highest BCUT2D eigenvalue weighted by Crippen LogP contribution is 1.96. The molecule has 0 bridgehead atoms. The largest absolute Gasteiger partial charge is 0.347 e. The lowest BCUT2D eigenvalue weighted by Crippen LogP contribution is -2.41. The fourth-order valence-corrected chi connectivity index (χ4v) is 1.12. The van der Waals surface area contributed by atoms with Crippen molar-refractivity contribution >= 4 is 23.4 Å². The lowest BCUT2D eigenvalue weighted by atomic mass is 10.3. The molecule has 0 N–H and O–H groups in total. The van der Waals surface area contributed by atoms with Crippen molar-refractivity contribution in [1.29, 1.82) is 0 Å². The molecular formula is C9H17ClN2O2. The molecular weight excluding hydrogens is 204 g/mol. The van der Waals surface area contributed by atoms with E-state index in [9.17, 15) is 9.59 Å². The molecule has 0 aliphatic carbocycles. The molecule has 0 saturated heterocycles. The average molecular weight is 221 g/mol. The highest BCUT2D eigenvalue weighted by atomic mass is 35.5. The first-order chi connectivity index (χ1) is 6.52. The molecule has 2 amide bonds. The van der Waals surface area contributed by atoms with Crippen LogP contribution < -0.4 is 0 Å². The monoisotopic (exact) mass is 220 g/mol. The zero-order valence-electron chi connectivity index (χ0n) is 8.92. The molecule has 5 heteroatoms. The second-order valence-electron chi connectivity index (χ2n) is 3.24. The Morgan fingerprint density at radius 2 is 1.79 bits per heavy atom. The summed E-state index contributed by atoms with van der Waals surface area (Å²) in [7, 11) is 3.33. The molecule has 0 saturated carbocycles. The van der Waals surface area contributed by atoms with Crippen molar-refractivity contribution in [3.8, 4) is 0 Å². The number of rotatable bonds is 5. The molecule has 0 spiro atoms. The molecule has 4 nitrogen and oxygen atoms in total. The number of hydrogen-bond donors (Lipinski definition) is 0. The fourth-order valence-electron chi connectivity index (χ4n) is 0.951. The summed E-state index contributed by atoms with van der Waals surface area (Å²) in [5.41, 5.74) is 0. The molecule has 0 radical (unpaired) electrons. The normalized spacial score (nSPS) is 9.71. The highest BCUT2D eigenvalue weighted by Gasteiger charge is 2.15. The van der Waals surface area contributed by atoms with Crippen LogP contribution in [0.2, 0.25) is 0 Å². The average Bonchev–Trinajstić information content (AvgIpc) is 2.15. The van der Waals surface area contributed by atoms with Gasteiger partial charge in [0.05, 0.1) is 6.54 Å². The first kappa shape index (κ1) is 13.2. The summed E-state index contributed by atoms with van der Waals surface area (Å²) in [5.74, 6) is -0.346. The van der Waals surface area contributed by atoms with Gasteiger partial charge in [0.2, 0.25) is 11.8 Å². The van der Waals surface area contributed by atoms with E-state index in [4.69, 9.17) is 11.6 Å². The number of nitrogens with zero attached hydrogens (tertiary/aromatic N) is 2. The van der Waals surface area contributed by atoms with E-state index in [2.05, 4.69) is 0 Å². The first-order valence-corrected chi connectivity index (χ1v) is 5.10. The SMILES string of the molecule is CCCN(CC(=O)N(C)C)C(=O)CCl. The van der Waals surface area contributed by atoms with Crippen molar-refractivity contribution in [2.75, 3.05) is 33.1 Å². The molecule has 0 atom stereocenters. The van der Waals surface area contributed by atoms with Crippen LogP contribution in [0.4, 0.5) is 0 Å². The second kappa shape index (κ2) is 6.65. The summed E-state index contributed by atoms with van der Waals surface area (Å²) in [4.78, 5) is 25.6. The van der Waals surface area contributed by atoms with Gasteiger partial charge in [0.25, 0.3) is 0 Å². The smallest absolute Gasteiger partial charge is 0.241 e. The Morgan fingerprint density at radius 3 is 2.14 bits per heavy atom. The molecule has 0 aliphatic heterocycles. The van der Waals surface area contributed by atoms with Crippen LogP contribution >= 0.6 is 11.6 Å². The number of hydrogen-bond acceptors (Lipinski definition) is 2. The van der Waals surface area contributed by atoms with Crippen LogP contribution in [-0.2, 0) is 9.59 Å². The first-order valence-electron chi connectivity index (χ1n) is 4.56. The predicted octanol–water partition coefficient (Wildman–Crippen LogP) is 0.552. The lowest BCUT2D eigenvalue weighted by Gasteiger charge is -2.22. The van der Waals surface area contributed by atoms with E-state index in [1.54, 1.807) is 14.1 Å². The van der Waals surface area contributed by atoms with Crippen molar-refractivity contribution < 1.29 is 9.59 Å². The van der Waals surface area contributed by atoms with Gasteiger partial charge in [0, 0.05) is 20.6 Å². The van der Waals surface area contributed by atoms with E-state index in [1.165, 1.54) is 9.80 Å². The maximum absolute atomic E-state index is 11.3. The van der Waals surface area contributed by atoms with Crippen molar-refractivity contribution in [2.45, 2.75) is 13.3 Å². The quantitative estimate of drug-likeness (QED) is 0.635.